The van der Waals surface area contributed by atoms with E-state index in [1.165, 1.54) is 10.6 Å². The average Bonchev–Trinajstić information content (AvgIpc) is 3.47. The Kier molecular flexibility index (Phi) is 3.67. The molecule has 40 heavy (non-hydrogen) atoms. The molecule has 10 rings (SSSR count). The number of aromatic nitrogens is 4. The Hall–Kier alpha value is -4.55. The number of rotatable bonds is 7. The maximum atomic E-state index is 14.5. The van der Waals surface area contributed by atoms with Crippen LogP contribution >= 0.6 is 0 Å². The van der Waals surface area contributed by atoms with Gasteiger partial charge >= 0.3 is 5.76 Å². The molecular formula is C27H22FN7O5. The average molecular weight is 544 g/mol. The summed E-state index contributed by atoms with van der Waals surface area (Å²) >= 11 is 0. The van der Waals surface area contributed by atoms with Crippen LogP contribution in [-0.2, 0) is 18.4 Å². The number of hydrogen-bond acceptors (Lipinski definition) is 7. The zero-order valence-electron chi connectivity index (χ0n) is 21.1. The van der Waals surface area contributed by atoms with Crippen molar-refractivity contribution in [2.75, 3.05) is 6.54 Å². The minimum absolute atomic E-state index is 0.000566. The zero-order chi connectivity index (χ0) is 27.5. The lowest BCUT2D eigenvalue weighted by molar-refractivity contribution is -0.638. The molecule has 3 aromatic heterocycles. The molecule has 0 unspecified atom stereocenters. The van der Waals surface area contributed by atoms with Gasteiger partial charge in [-0.15, -0.1) is 0 Å². The van der Waals surface area contributed by atoms with Crippen LogP contribution in [0.5, 0.6) is 0 Å². The van der Waals surface area contributed by atoms with Crippen molar-refractivity contribution in [2.24, 2.45) is 59.1 Å². The summed E-state index contributed by atoms with van der Waals surface area (Å²) in [7, 11) is 1.59. The Bertz CT molecular complexity index is 1900. The van der Waals surface area contributed by atoms with Crippen LogP contribution in [0.1, 0.15) is 26.5 Å². The molecular weight excluding hydrogens is 521 g/mol. The number of benzene rings is 1. The minimum atomic E-state index is -0.756. The lowest BCUT2D eigenvalue weighted by Gasteiger charge is -3.10. The molecule has 4 N–H and O–H groups in total. The highest BCUT2D eigenvalue weighted by Crippen LogP contribution is 3.10. The molecule has 12 nitrogen and oxygen atoms in total. The summed E-state index contributed by atoms with van der Waals surface area (Å²) in [6.45, 7) is 0.575. The van der Waals surface area contributed by atoms with Crippen LogP contribution in [0.25, 0.3) is 16.7 Å². The van der Waals surface area contributed by atoms with Gasteiger partial charge in [0, 0.05) is 26.2 Å². The summed E-state index contributed by atoms with van der Waals surface area (Å²) in [5.41, 5.74) is 6.86. The molecule has 0 aliphatic heterocycles. The maximum Gasteiger partial charge on any atom is 0.419 e. The van der Waals surface area contributed by atoms with Crippen LogP contribution in [0.15, 0.2) is 39.7 Å². The fourth-order valence-electron chi connectivity index (χ4n) is 9.69. The van der Waals surface area contributed by atoms with E-state index in [2.05, 4.69) is 20.7 Å². The number of nitrogens with zero attached hydrogens (tertiary/aromatic N) is 4. The van der Waals surface area contributed by atoms with Crippen molar-refractivity contribution in [3.63, 3.8) is 0 Å². The molecule has 0 atom stereocenters. The Morgan fingerprint density at radius 1 is 1.07 bits per heavy atom. The number of halogens is 1. The van der Waals surface area contributed by atoms with E-state index in [0.29, 0.717) is 58.7 Å². The van der Waals surface area contributed by atoms with Crippen molar-refractivity contribution in [1.82, 2.24) is 29.8 Å². The highest BCUT2D eigenvalue weighted by molar-refractivity contribution is 5.98. The second-order valence-electron chi connectivity index (χ2n) is 11.9. The molecule has 13 heteroatoms. The van der Waals surface area contributed by atoms with Gasteiger partial charge in [-0.05, 0) is 58.6 Å². The predicted octanol–water partition coefficient (Wildman–Crippen LogP) is 0.196. The molecule has 1 aromatic carbocycles. The second-order valence-corrected chi connectivity index (χ2v) is 11.9. The first-order chi connectivity index (χ1) is 19.2. The lowest BCUT2D eigenvalue weighted by Crippen LogP contribution is -3.12. The quantitative estimate of drug-likeness (QED) is 0.299. The smallest absolute Gasteiger partial charge is 0.408 e. The third-order valence-corrected chi connectivity index (χ3v) is 11.0. The van der Waals surface area contributed by atoms with E-state index >= 15 is 0 Å². The number of hydrogen-bond donors (Lipinski definition) is 3. The summed E-state index contributed by atoms with van der Waals surface area (Å²) in [5.74, 6) is -0.000657. The monoisotopic (exact) mass is 543 g/mol. The second kappa shape index (κ2) is 6.60. The molecule has 6 aliphatic rings. The van der Waals surface area contributed by atoms with Gasteiger partial charge in [0.1, 0.15) is 11.4 Å². The molecule has 6 fully saturated rings. The topological polar surface area (TPSA) is 167 Å². The third-order valence-electron chi connectivity index (χ3n) is 11.0. The SMILES string of the molecule is Cn1c(=O)oc2ccc(CNC(=O)c3cc(C(=O)NCC45C6C7C4C4C5C6C74C(N)=O)n4ncc(F)c4n3)cc21. The van der Waals surface area contributed by atoms with E-state index in [9.17, 15) is 23.6 Å². The van der Waals surface area contributed by atoms with Crippen molar-refractivity contribution in [2.45, 2.75) is 6.54 Å². The number of nitrogens with two attached hydrogens (primary N) is 1. The molecule has 3 amide bonds. The number of oxazole rings is 1. The number of carbonyl (C=O) groups excluding carboxylic acids is 3. The van der Waals surface area contributed by atoms with Crippen LogP contribution in [0.4, 0.5) is 4.39 Å². The van der Waals surface area contributed by atoms with Gasteiger partial charge in [0.2, 0.25) is 5.91 Å². The standard InChI is InChI=1S/C27H22FN7O5/c1-34-12-4-9(2-3-14(12)40-25(34)39)6-30-22(36)11-5-13(35-21(33-11)10(28)7-32-35)23(37)31-8-26-15-18-16(26)20-17(26)19(15)27(18,20)24(29)38/h2-5,7,15-20H,6,8H2,1H3,(H2,29,38)(H,30,36)(H,31,37). The molecule has 0 bridgehead atoms. The summed E-state index contributed by atoms with van der Waals surface area (Å²) in [6, 6.07) is 6.38. The summed E-state index contributed by atoms with van der Waals surface area (Å²) in [6.07, 6.45) is 0.951. The van der Waals surface area contributed by atoms with E-state index in [4.69, 9.17) is 10.2 Å². The fraction of sp³-hybridized carbons (Fsp3) is 0.407. The Balaban J connectivity index is 0.940. The Morgan fingerprint density at radius 3 is 2.50 bits per heavy atom. The number of carbonyl (C=O) groups is 3. The van der Waals surface area contributed by atoms with E-state index in [1.807, 2.05) is 0 Å². The van der Waals surface area contributed by atoms with Crippen LogP contribution in [0.2, 0.25) is 0 Å². The number of nitrogens with one attached hydrogen (secondary N) is 2. The lowest BCUT2D eigenvalue weighted by atomic mass is 8.92. The number of primary amides is 1. The van der Waals surface area contributed by atoms with Crippen molar-refractivity contribution in [3.8, 4) is 0 Å². The predicted molar refractivity (Wildman–Crippen MR) is 133 cm³/mol. The molecule has 0 spiro atoms. The number of aryl methyl sites for hydroxylation is 1. The van der Waals surface area contributed by atoms with Crippen molar-refractivity contribution < 1.29 is 23.2 Å². The van der Waals surface area contributed by atoms with Gasteiger partial charge in [-0.3, -0.25) is 19.0 Å². The largest absolute Gasteiger partial charge is 0.419 e. The number of amides is 3. The van der Waals surface area contributed by atoms with Crippen LogP contribution in [0, 0.1) is 52.2 Å². The van der Waals surface area contributed by atoms with Crippen LogP contribution < -0.4 is 22.1 Å². The normalized spacial score (nSPS) is 34.6. The van der Waals surface area contributed by atoms with Crippen molar-refractivity contribution in [3.05, 3.63) is 63.8 Å². The molecule has 6 saturated carbocycles. The Labute approximate surface area is 223 Å². The molecule has 202 valence electrons. The highest BCUT2D eigenvalue weighted by atomic mass is 19.1. The molecule has 6 aliphatic carbocycles. The number of fused-ring (bicyclic) bond motifs is 2. The third kappa shape index (κ3) is 2.07. The van der Waals surface area contributed by atoms with E-state index in [1.54, 1.807) is 25.2 Å². The van der Waals surface area contributed by atoms with Gasteiger partial charge in [-0.1, -0.05) is 6.07 Å². The van der Waals surface area contributed by atoms with Gasteiger partial charge in [0.15, 0.2) is 17.0 Å². The van der Waals surface area contributed by atoms with Gasteiger partial charge in [-0.2, -0.15) is 5.10 Å². The van der Waals surface area contributed by atoms with Crippen LogP contribution in [0.3, 0.4) is 0 Å². The van der Waals surface area contributed by atoms with Gasteiger partial charge < -0.3 is 20.8 Å². The highest BCUT2D eigenvalue weighted by Gasteiger charge is 3.10. The molecule has 4 aromatic rings. The molecule has 3 heterocycles. The van der Waals surface area contributed by atoms with Gasteiger partial charge in [0.05, 0.1) is 17.1 Å². The summed E-state index contributed by atoms with van der Waals surface area (Å²) in [5, 5.41) is 9.68. The first-order valence-corrected chi connectivity index (χ1v) is 13.2. The van der Waals surface area contributed by atoms with Crippen molar-refractivity contribution >= 4 is 34.5 Å². The van der Waals surface area contributed by atoms with Crippen molar-refractivity contribution in [1.29, 1.82) is 0 Å². The first kappa shape index (κ1) is 22.3. The van der Waals surface area contributed by atoms with E-state index < -0.39 is 23.4 Å². The fourth-order valence-corrected chi connectivity index (χ4v) is 9.69. The van der Waals surface area contributed by atoms with Crippen LogP contribution in [-0.4, -0.2) is 43.4 Å². The summed E-state index contributed by atoms with van der Waals surface area (Å²) < 4.78 is 22.1. The van der Waals surface area contributed by atoms with Gasteiger partial charge in [-0.25, -0.2) is 18.7 Å². The first-order valence-electron chi connectivity index (χ1n) is 13.2. The Morgan fingerprint density at radius 2 is 1.80 bits per heavy atom. The molecule has 0 saturated heterocycles. The minimum Gasteiger partial charge on any atom is -0.408 e. The molecule has 0 radical (unpaired) electrons. The maximum absolute atomic E-state index is 14.5. The zero-order valence-corrected chi connectivity index (χ0v) is 21.1. The van der Waals surface area contributed by atoms with Gasteiger partial charge in [0.25, 0.3) is 11.8 Å². The van der Waals surface area contributed by atoms with E-state index in [-0.39, 0.29) is 40.3 Å². The van der Waals surface area contributed by atoms with E-state index in [0.717, 1.165) is 10.7 Å². The summed E-state index contributed by atoms with van der Waals surface area (Å²) in [4.78, 5) is 54.2.